The maximum absolute atomic E-state index is 13.7. The van der Waals surface area contributed by atoms with Crippen molar-refractivity contribution in [2.75, 3.05) is 16.8 Å². The van der Waals surface area contributed by atoms with Gasteiger partial charge in [0.25, 0.3) is 5.91 Å². The average molecular weight is 396 g/mol. The van der Waals surface area contributed by atoms with E-state index in [9.17, 15) is 14.0 Å². The molecule has 1 aromatic heterocycles. The highest BCUT2D eigenvalue weighted by molar-refractivity contribution is 7.15. The summed E-state index contributed by atoms with van der Waals surface area (Å²) >= 11 is 1.21. The van der Waals surface area contributed by atoms with Gasteiger partial charge in [-0.3, -0.25) is 14.9 Å². The van der Waals surface area contributed by atoms with Crippen LogP contribution in [0.15, 0.2) is 48.5 Å². The zero-order valence-corrected chi connectivity index (χ0v) is 15.9. The molecule has 1 fully saturated rings. The molecule has 6 nitrogen and oxygen atoms in total. The molecular weight excluding hydrogens is 379 g/mol. The minimum Gasteiger partial charge on any atom is -0.312 e. The molecule has 8 heteroatoms. The van der Waals surface area contributed by atoms with Crippen molar-refractivity contribution in [1.82, 2.24) is 10.2 Å². The molecule has 0 bridgehead atoms. The minimum absolute atomic E-state index is 0.0287. The maximum Gasteiger partial charge on any atom is 0.260 e. The molecule has 1 N–H and O–H groups in total. The number of hydrogen-bond acceptors (Lipinski definition) is 5. The van der Waals surface area contributed by atoms with E-state index in [-0.39, 0.29) is 22.5 Å². The van der Waals surface area contributed by atoms with Crippen molar-refractivity contribution in [1.29, 1.82) is 0 Å². The van der Waals surface area contributed by atoms with Crippen molar-refractivity contribution in [2.24, 2.45) is 0 Å². The van der Waals surface area contributed by atoms with Gasteiger partial charge in [0, 0.05) is 24.6 Å². The van der Waals surface area contributed by atoms with Crippen LogP contribution in [0.1, 0.15) is 33.3 Å². The first-order valence-electron chi connectivity index (χ1n) is 8.77. The third kappa shape index (κ3) is 3.63. The Hall–Kier alpha value is -3.13. The first-order chi connectivity index (χ1) is 13.5. The quantitative estimate of drug-likeness (QED) is 0.729. The fourth-order valence-electron chi connectivity index (χ4n) is 3.11. The van der Waals surface area contributed by atoms with E-state index in [4.69, 9.17) is 0 Å². The maximum atomic E-state index is 13.7. The Morgan fingerprint density at radius 3 is 2.68 bits per heavy atom. The van der Waals surface area contributed by atoms with Crippen molar-refractivity contribution < 1.29 is 14.0 Å². The monoisotopic (exact) mass is 396 g/mol. The molecule has 2 heterocycles. The second kappa shape index (κ2) is 7.47. The molecule has 2 amide bonds. The Morgan fingerprint density at radius 2 is 1.93 bits per heavy atom. The molecule has 0 radical (unpaired) electrons. The van der Waals surface area contributed by atoms with Gasteiger partial charge in [-0.15, -0.1) is 10.2 Å². The van der Waals surface area contributed by atoms with Crippen LogP contribution >= 0.6 is 11.3 Å². The van der Waals surface area contributed by atoms with E-state index < -0.39 is 11.7 Å². The smallest absolute Gasteiger partial charge is 0.260 e. The lowest BCUT2D eigenvalue weighted by Crippen LogP contribution is -2.24. The highest BCUT2D eigenvalue weighted by Crippen LogP contribution is 2.34. The number of carbonyl (C=O) groups excluding carboxylic acids is 2. The molecule has 1 atom stereocenters. The largest absolute Gasteiger partial charge is 0.312 e. The van der Waals surface area contributed by atoms with Crippen LogP contribution in [0.3, 0.4) is 0 Å². The lowest BCUT2D eigenvalue weighted by molar-refractivity contribution is -0.117. The zero-order valence-electron chi connectivity index (χ0n) is 15.1. The van der Waals surface area contributed by atoms with Crippen LogP contribution in [0, 0.1) is 12.7 Å². The van der Waals surface area contributed by atoms with Crippen LogP contribution in [-0.4, -0.2) is 28.6 Å². The Balaban J connectivity index is 1.46. The number of carbonyl (C=O) groups is 2. The summed E-state index contributed by atoms with van der Waals surface area (Å²) in [6.45, 7) is 2.51. The topological polar surface area (TPSA) is 75.2 Å². The molecule has 1 aliphatic heterocycles. The molecule has 1 aliphatic rings. The van der Waals surface area contributed by atoms with Gasteiger partial charge >= 0.3 is 0 Å². The summed E-state index contributed by atoms with van der Waals surface area (Å²) in [7, 11) is 0. The summed E-state index contributed by atoms with van der Waals surface area (Å²) in [6, 6.07) is 13.5. The van der Waals surface area contributed by atoms with E-state index in [2.05, 4.69) is 15.5 Å². The lowest BCUT2D eigenvalue weighted by Gasteiger charge is -2.16. The molecule has 3 aromatic rings. The minimum atomic E-state index is -0.597. The second-order valence-electron chi connectivity index (χ2n) is 6.62. The molecule has 2 aromatic carbocycles. The molecule has 0 saturated carbocycles. The number of amides is 2. The summed E-state index contributed by atoms with van der Waals surface area (Å²) in [5.41, 5.74) is 1.93. The Kier molecular flexibility index (Phi) is 4.87. The van der Waals surface area contributed by atoms with Crippen LogP contribution in [-0.2, 0) is 4.79 Å². The van der Waals surface area contributed by atoms with Gasteiger partial charge in [0.2, 0.25) is 11.0 Å². The number of anilines is 2. The summed E-state index contributed by atoms with van der Waals surface area (Å²) in [4.78, 5) is 26.4. The molecule has 0 spiro atoms. The number of aromatic nitrogens is 2. The van der Waals surface area contributed by atoms with Crippen LogP contribution in [0.2, 0.25) is 0 Å². The SMILES string of the molecule is Cc1ccc(N2C[C@H](c3nnc(NC(=O)c4ccccc4F)s3)CC2=O)cc1. The molecule has 4 rings (SSSR count). The number of rotatable bonds is 4. The van der Waals surface area contributed by atoms with Crippen LogP contribution in [0.4, 0.5) is 15.2 Å². The fourth-order valence-corrected chi connectivity index (χ4v) is 3.94. The summed E-state index contributed by atoms with van der Waals surface area (Å²) in [6.07, 6.45) is 0.337. The molecule has 142 valence electrons. The van der Waals surface area contributed by atoms with Crippen molar-refractivity contribution in [3.8, 4) is 0 Å². The van der Waals surface area contributed by atoms with Crippen LogP contribution in [0.5, 0.6) is 0 Å². The fraction of sp³-hybridized carbons (Fsp3) is 0.200. The Labute approximate surface area is 165 Å². The average Bonchev–Trinajstić information content (AvgIpc) is 3.29. The predicted octanol–water partition coefficient (Wildman–Crippen LogP) is 3.76. The highest BCUT2D eigenvalue weighted by Gasteiger charge is 2.34. The highest BCUT2D eigenvalue weighted by atomic mass is 32.1. The third-order valence-electron chi connectivity index (χ3n) is 4.60. The van der Waals surface area contributed by atoms with E-state index >= 15 is 0 Å². The summed E-state index contributed by atoms with van der Waals surface area (Å²) in [5.74, 6) is -1.24. The Morgan fingerprint density at radius 1 is 1.18 bits per heavy atom. The van der Waals surface area contributed by atoms with Gasteiger partial charge in [-0.1, -0.05) is 41.2 Å². The van der Waals surface area contributed by atoms with E-state index in [1.807, 2.05) is 31.2 Å². The van der Waals surface area contributed by atoms with Crippen molar-refractivity contribution in [3.63, 3.8) is 0 Å². The summed E-state index contributed by atoms with van der Waals surface area (Å²) in [5, 5.41) is 11.6. The standard InChI is InChI=1S/C20H17FN4O2S/c1-12-6-8-14(9-7-12)25-11-13(10-17(25)26)19-23-24-20(28-19)22-18(27)15-4-2-3-5-16(15)21/h2-9,13H,10-11H2,1H3,(H,22,24,27)/t13-/m1/s1. The van der Waals surface area contributed by atoms with E-state index in [1.54, 1.807) is 11.0 Å². The number of hydrogen-bond donors (Lipinski definition) is 1. The lowest BCUT2D eigenvalue weighted by atomic mass is 10.1. The number of nitrogens with zero attached hydrogens (tertiary/aromatic N) is 3. The summed E-state index contributed by atoms with van der Waals surface area (Å²) < 4.78 is 13.7. The van der Waals surface area contributed by atoms with Gasteiger partial charge in [-0.2, -0.15) is 0 Å². The van der Waals surface area contributed by atoms with Crippen LogP contribution < -0.4 is 10.2 Å². The van der Waals surface area contributed by atoms with Gasteiger partial charge in [0.05, 0.1) is 5.56 Å². The predicted molar refractivity (Wildman–Crippen MR) is 105 cm³/mol. The van der Waals surface area contributed by atoms with E-state index in [0.717, 1.165) is 11.3 Å². The number of aryl methyl sites for hydroxylation is 1. The van der Waals surface area contributed by atoms with Crippen molar-refractivity contribution in [2.45, 2.75) is 19.3 Å². The van der Waals surface area contributed by atoms with Gasteiger partial charge in [0.15, 0.2) is 0 Å². The van der Waals surface area contributed by atoms with Gasteiger partial charge in [-0.05, 0) is 31.2 Å². The van der Waals surface area contributed by atoms with Gasteiger partial charge in [0.1, 0.15) is 10.8 Å². The Bertz CT molecular complexity index is 1030. The normalized spacial score (nSPS) is 16.4. The molecular formula is C20H17FN4O2S. The second-order valence-corrected chi connectivity index (χ2v) is 7.63. The zero-order chi connectivity index (χ0) is 19.7. The first kappa shape index (κ1) is 18.2. The van der Waals surface area contributed by atoms with Crippen molar-refractivity contribution in [3.05, 3.63) is 70.5 Å². The number of halogens is 1. The number of benzene rings is 2. The first-order valence-corrected chi connectivity index (χ1v) is 9.59. The molecule has 0 unspecified atom stereocenters. The molecule has 0 aliphatic carbocycles. The van der Waals surface area contributed by atoms with Crippen molar-refractivity contribution >= 4 is 34.0 Å². The third-order valence-corrected chi connectivity index (χ3v) is 5.60. The van der Waals surface area contributed by atoms with E-state index in [0.29, 0.717) is 18.0 Å². The number of nitrogens with one attached hydrogen (secondary N) is 1. The van der Waals surface area contributed by atoms with Crippen LogP contribution in [0.25, 0.3) is 0 Å². The van der Waals surface area contributed by atoms with Gasteiger partial charge in [-0.25, -0.2) is 4.39 Å². The van der Waals surface area contributed by atoms with Gasteiger partial charge < -0.3 is 4.90 Å². The molecule has 1 saturated heterocycles. The van der Waals surface area contributed by atoms with E-state index in [1.165, 1.54) is 29.5 Å². The molecule has 28 heavy (non-hydrogen) atoms.